The highest BCUT2D eigenvalue weighted by atomic mass is 15.3. The fourth-order valence-electron chi connectivity index (χ4n) is 3.32. The first-order valence-corrected chi connectivity index (χ1v) is 8.12. The van der Waals surface area contributed by atoms with Crippen molar-refractivity contribution < 1.29 is 0 Å². The van der Waals surface area contributed by atoms with Crippen LogP contribution in [0.5, 0.6) is 0 Å². The molecule has 1 aliphatic rings. The van der Waals surface area contributed by atoms with Gasteiger partial charge in [-0.15, -0.1) is 5.10 Å². The lowest BCUT2D eigenvalue weighted by molar-refractivity contribution is 0.220. The monoisotopic (exact) mass is 290 g/mol. The van der Waals surface area contributed by atoms with Crippen molar-refractivity contribution in [1.82, 2.24) is 10.2 Å². The van der Waals surface area contributed by atoms with Crippen LogP contribution in [0.2, 0.25) is 0 Å². The Kier molecular flexibility index (Phi) is 4.87. The predicted octanol–water partition coefficient (Wildman–Crippen LogP) is 3.20. The Bertz CT molecular complexity index is 490. The number of hydrogen-bond donors (Lipinski definition) is 1. The van der Waals surface area contributed by atoms with Gasteiger partial charge in [0.25, 0.3) is 0 Å². The molecule has 0 spiro atoms. The minimum Gasteiger partial charge on any atom is -0.355 e. The van der Waals surface area contributed by atoms with Gasteiger partial charge in [-0.1, -0.05) is 20.8 Å². The molecule has 2 heterocycles. The number of nitrogens with zero attached hydrogens (tertiary/aromatic N) is 3. The van der Waals surface area contributed by atoms with Crippen molar-refractivity contribution in [2.24, 2.45) is 17.1 Å². The number of aromatic nitrogens is 2. The highest BCUT2D eigenvalue weighted by molar-refractivity contribution is 5.50. The van der Waals surface area contributed by atoms with Gasteiger partial charge in [-0.2, -0.15) is 5.10 Å². The van der Waals surface area contributed by atoms with E-state index in [2.05, 4.69) is 42.8 Å². The zero-order valence-corrected chi connectivity index (χ0v) is 14.2. The van der Waals surface area contributed by atoms with Crippen LogP contribution in [-0.4, -0.2) is 23.3 Å². The van der Waals surface area contributed by atoms with E-state index < -0.39 is 0 Å². The maximum absolute atomic E-state index is 5.97. The second-order valence-electron chi connectivity index (χ2n) is 7.40. The van der Waals surface area contributed by atoms with Gasteiger partial charge in [-0.25, -0.2) is 0 Å². The van der Waals surface area contributed by atoms with Crippen LogP contribution >= 0.6 is 0 Å². The van der Waals surface area contributed by atoms with E-state index >= 15 is 0 Å². The lowest BCUT2D eigenvalue weighted by Gasteiger charge is -2.30. The molecule has 4 heteroatoms. The highest BCUT2D eigenvalue weighted by Gasteiger charge is 2.28. The molecular formula is C17H30N4. The lowest BCUT2D eigenvalue weighted by atomic mass is 9.77. The molecule has 1 aliphatic heterocycles. The Morgan fingerprint density at radius 1 is 1.14 bits per heavy atom. The van der Waals surface area contributed by atoms with Gasteiger partial charge in [-0.3, -0.25) is 0 Å². The van der Waals surface area contributed by atoms with E-state index in [1.165, 1.54) is 24.8 Å². The molecule has 0 radical (unpaired) electrons. The number of anilines is 1. The zero-order chi connectivity index (χ0) is 15.6. The summed E-state index contributed by atoms with van der Waals surface area (Å²) in [6.45, 7) is 13.8. The summed E-state index contributed by atoms with van der Waals surface area (Å²) >= 11 is 0. The topological polar surface area (TPSA) is 55.0 Å². The van der Waals surface area contributed by atoms with Crippen molar-refractivity contribution >= 4 is 5.82 Å². The van der Waals surface area contributed by atoms with Crippen LogP contribution in [0.3, 0.4) is 0 Å². The number of aryl methyl sites for hydroxylation is 1. The highest BCUT2D eigenvalue weighted by Crippen LogP contribution is 2.35. The number of hydrogen-bond acceptors (Lipinski definition) is 4. The first-order chi connectivity index (χ1) is 9.84. The smallest absolute Gasteiger partial charge is 0.156 e. The Hall–Kier alpha value is -1.16. The van der Waals surface area contributed by atoms with Crippen LogP contribution in [0.1, 0.15) is 56.9 Å². The van der Waals surface area contributed by atoms with Crippen LogP contribution in [-0.2, 0) is 6.54 Å². The van der Waals surface area contributed by atoms with E-state index in [9.17, 15) is 0 Å². The first kappa shape index (κ1) is 16.2. The summed E-state index contributed by atoms with van der Waals surface area (Å²) in [4.78, 5) is 2.40. The standard InChI is InChI=1S/C17H30N4/c1-12-13(2)19-20-16(15(12)11-18)21-9-6-7-14(8-10-21)17(3,4)5/h14H,6-11,18H2,1-5H3. The summed E-state index contributed by atoms with van der Waals surface area (Å²) in [5.41, 5.74) is 9.70. The average Bonchev–Trinajstić information content (AvgIpc) is 2.67. The largest absolute Gasteiger partial charge is 0.355 e. The summed E-state index contributed by atoms with van der Waals surface area (Å²) in [5.74, 6) is 1.79. The number of nitrogens with two attached hydrogens (primary N) is 1. The molecule has 21 heavy (non-hydrogen) atoms. The van der Waals surface area contributed by atoms with Gasteiger partial charge in [0.05, 0.1) is 5.69 Å². The molecule has 1 saturated heterocycles. The van der Waals surface area contributed by atoms with Crippen molar-refractivity contribution in [3.63, 3.8) is 0 Å². The SMILES string of the molecule is Cc1nnc(N2CCCC(C(C)(C)C)CC2)c(CN)c1C. The third kappa shape index (κ3) is 3.54. The van der Waals surface area contributed by atoms with Gasteiger partial charge < -0.3 is 10.6 Å². The minimum absolute atomic E-state index is 0.390. The minimum atomic E-state index is 0.390. The van der Waals surface area contributed by atoms with Crippen LogP contribution in [0.25, 0.3) is 0 Å². The van der Waals surface area contributed by atoms with Gasteiger partial charge in [0.2, 0.25) is 0 Å². The fourth-order valence-corrected chi connectivity index (χ4v) is 3.32. The summed E-state index contributed by atoms with van der Waals surface area (Å²) in [6.07, 6.45) is 3.75. The third-order valence-corrected chi connectivity index (χ3v) is 5.02. The third-order valence-electron chi connectivity index (χ3n) is 5.02. The average molecular weight is 290 g/mol. The van der Waals surface area contributed by atoms with E-state index in [4.69, 9.17) is 5.73 Å². The first-order valence-electron chi connectivity index (χ1n) is 8.12. The molecule has 0 aliphatic carbocycles. The second-order valence-corrected chi connectivity index (χ2v) is 7.40. The van der Waals surface area contributed by atoms with Crippen LogP contribution < -0.4 is 10.6 Å². The molecule has 0 amide bonds. The molecule has 1 unspecified atom stereocenters. The summed E-state index contributed by atoms with van der Waals surface area (Å²) in [7, 11) is 0. The normalized spacial score (nSPS) is 20.5. The van der Waals surface area contributed by atoms with Crippen LogP contribution in [0, 0.1) is 25.2 Å². The molecule has 1 fully saturated rings. The molecule has 2 N–H and O–H groups in total. The second kappa shape index (κ2) is 6.30. The summed E-state index contributed by atoms with van der Waals surface area (Å²) in [5, 5.41) is 8.77. The summed E-state index contributed by atoms with van der Waals surface area (Å²) in [6, 6.07) is 0. The molecule has 118 valence electrons. The Labute approximate surface area is 129 Å². The molecule has 4 nitrogen and oxygen atoms in total. The van der Waals surface area contributed by atoms with Gasteiger partial charge >= 0.3 is 0 Å². The molecule has 1 aromatic heterocycles. The van der Waals surface area contributed by atoms with Gasteiger partial charge in [0, 0.05) is 25.2 Å². The quantitative estimate of drug-likeness (QED) is 0.908. The number of rotatable bonds is 2. The lowest BCUT2D eigenvalue weighted by Crippen LogP contribution is -2.29. The van der Waals surface area contributed by atoms with Crippen LogP contribution in [0.4, 0.5) is 5.82 Å². The molecule has 0 saturated carbocycles. The molecule has 0 aromatic carbocycles. The van der Waals surface area contributed by atoms with Crippen molar-refractivity contribution in [3.05, 3.63) is 16.8 Å². The Morgan fingerprint density at radius 3 is 2.48 bits per heavy atom. The Morgan fingerprint density at radius 2 is 1.86 bits per heavy atom. The molecule has 1 aromatic rings. The molecule has 2 rings (SSSR count). The van der Waals surface area contributed by atoms with Crippen molar-refractivity contribution in [2.45, 2.75) is 60.4 Å². The van der Waals surface area contributed by atoms with Crippen molar-refractivity contribution in [3.8, 4) is 0 Å². The van der Waals surface area contributed by atoms with Crippen LogP contribution in [0.15, 0.2) is 0 Å². The van der Waals surface area contributed by atoms with E-state index in [0.29, 0.717) is 12.0 Å². The van der Waals surface area contributed by atoms with E-state index in [0.717, 1.165) is 36.1 Å². The van der Waals surface area contributed by atoms with Gasteiger partial charge in [0.15, 0.2) is 5.82 Å². The van der Waals surface area contributed by atoms with Crippen molar-refractivity contribution in [2.75, 3.05) is 18.0 Å². The van der Waals surface area contributed by atoms with E-state index in [1.807, 2.05) is 6.92 Å². The molecular weight excluding hydrogens is 260 g/mol. The molecule has 0 bridgehead atoms. The fraction of sp³-hybridized carbons (Fsp3) is 0.765. The van der Waals surface area contributed by atoms with E-state index in [1.54, 1.807) is 0 Å². The van der Waals surface area contributed by atoms with Gasteiger partial charge in [0.1, 0.15) is 0 Å². The summed E-state index contributed by atoms with van der Waals surface area (Å²) < 4.78 is 0. The maximum atomic E-state index is 5.97. The van der Waals surface area contributed by atoms with Gasteiger partial charge in [-0.05, 0) is 50.0 Å². The zero-order valence-electron chi connectivity index (χ0n) is 14.2. The molecule has 1 atom stereocenters. The maximum Gasteiger partial charge on any atom is 0.156 e. The predicted molar refractivity (Wildman–Crippen MR) is 88.4 cm³/mol. The van der Waals surface area contributed by atoms with E-state index in [-0.39, 0.29) is 0 Å². The Balaban J connectivity index is 2.22. The van der Waals surface area contributed by atoms with Crippen molar-refractivity contribution in [1.29, 1.82) is 0 Å².